The van der Waals surface area contributed by atoms with Crippen LogP contribution in [0.15, 0.2) is 30.3 Å². The van der Waals surface area contributed by atoms with Crippen molar-refractivity contribution in [2.45, 2.75) is 25.4 Å². The van der Waals surface area contributed by atoms with Crippen molar-refractivity contribution in [3.05, 3.63) is 35.9 Å². The fourth-order valence-electron chi connectivity index (χ4n) is 2.38. The molecule has 4 nitrogen and oxygen atoms in total. The highest BCUT2D eigenvalue weighted by molar-refractivity contribution is 5.81. The number of carbonyl (C=O) groups is 1. The largest absolute Gasteiger partial charge is 0.396 e. The average Bonchev–Trinajstić information content (AvgIpc) is 2.56. The van der Waals surface area contributed by atoms with Crippen LogP contribution >= 0.6 is 0 Å². The topological polar surface area (TPSA) is 52.6 Å². The molecule has 98 valence electrons. The van der Waals surface area contributed by atoms with Crippen molar-refractivity contribution < 1.29 is 9.90 Å². The minimum absolute atomic E-state index is 0.0393. The van der Waals surface area contributed by atoms with Gasteiger partial charge in [-0.25, -0.2) is 0 Å². The molecule has 0 spiro atoms. The van der Waals surface area contributed by atoms with Gasteiger partial charge in [0.05, 0.1) is 6.04 Å². The molecule has 18 heavy (non-hydrogen) atoms. The third-order valence-electron chi connectivity index (χ3n) is 3.30. The van der Waals surface area contributed by atoms with E-state index < -0.39 is 0 Å². The molecule has 1 aromatic carbocycles. The Bertz CT molecular complexity index is 381. The molecule has 0 radical (unpaired) electrons. The van der Waals surface area contributed by atoms with Crippen molar-refractivity contribution >= 4 is 5.91 Å². The summed E-state index contributed by atoms with van der Waals surface area (Å²) >= 11 is 0. The van der Waals surface area contributed by atoms with Crippen molar-refractivity contribution in [2.24, 2.45) is 0 Å². The van der Waals surface area contributed by atoms with Gasteiger partial charge in [0.2, 0.25) is 5.91 Å². The maximum Gasteiger partial charge on any atom is 0.237 e. The fourth-order valence-corrected chi connectivity index (χ4v) is 2.38. The summed E-state index contributed by atoms with van der Waals surface area (Å²) in [5.74, 6) is 0.0393. The number of hydrogen-bond acceptors (Lipinski definition) is 3. The van der Waals surface area contributed by atoms with Crippen molar-refractivity contribution in [3.63, 3.8) is 0 Å². The third-order valence-corrected chi connectivity index (χ3v) is 3.30. The van der Waals surface area contributed by atoms with E-state index in [0.29, 0.717) is 6.42 Å². The van der Waals surface area contributed by atoms with Crippen LogP contribution in [0.25, 0.3) is 0 Å². The van der Waals surface area contributed by atoms with E-state index in [2.05, 4.69) is 22.3 Å². The normalized spacial score (nSPS) is 21.4. The minimum Gasteiger partial charge on any atom is -0.396 e. The van der Waals surface area contributed by atoms with Gasteiger partial charge in [-0.15, -0.1) is 0 Å². The zero-order valence-corrected chi connectivity index (χ0v) is 10.5. The molecule has 1 aromatic rings. The van der Waals surface area contributed by atoms with Gasteiger partial charge in [-0.05, 0) is 18.4 Å². The molecule has 1 amide bonds. The van der Waals surface area contributed by atoms with E-state index in [1.54, 1.807) is 0 Å². The standard InChI is InChI=1S/C14H20N2O2/c17-10-7-13-14(18)15-8-4-9-16(13)11-12-5-2-1-3-6-12/h1-3,5-6,13,17H,4,7-11H2,(H,15,18). The maximum atomic E-state index is 11.9. The van der Waals surface area contributed by atoms with Gasteiger partial charge in [0.1, 0.15) is 0 Å². The van der Waals surface area contributed by atoms with Gasteiger partial charge in [-0.3, -0.25) is 9.69 Å². The summed E-state index contributed by atoms with van der Waals surface area (Å²) in [5, 5.41) is 12.0. The van der Waals surface area contributed by atoms with Gasteiger partial charge in [0.15, 0.2) is 0 Å². The van der Waals surface area contributed by atoms with Crippen LogP contribution in [-0.4, -0.2) is 41.7 Å². The first kappa shape index (κ1) is 13.1. The molecule has 0 bridgehead atoms. The summed E-state index contributed by atoms with van der Waals surface area (Å²) in [6, 6.07) is 9.93. The molecule has 1 fully saturated rings. The van der Waals surface area contributed by atoms with Crippen LogP contribution in [0.2, 0.25) is 0 Å². The van der Waals surface area contributed by atoms with Gasteiger partial charge in [-0.2, -0.15) is 0 Å². The number of nitrogens with zero attached hydrogens (tertiary/aromatic N) is 1. The van der Waals surface area contributed by atoms with Crippen molar-refractivity contribution in [3.8, 4) is 0 Å². The number of aliphatic hydroxyl groups is 1. The molecule has 1 unspecified atom stereocenters. The Kier molecular flexibility index (Phi) is 4.73. The van der Waals surface area contributed by atoms with Gasteiger partial charge < -0.3 is 10.4 Å². The lowest BCUT2D eigenvalue weighted by Crippen LogP contribution is -2.44. The van der Waals surface area contributed by atoms with Crippen molar-refractivity contribution in [1.29, 1.82) is 0 Å². The second-order valence-corrected chi connectivity index (χ2v) is 4.63. The van der Waals surface area contributed by atoms with Crippen LogP contribution in [0.4, 0.5) is 0 Å². The van der Waals surface area contributed by atoms with E-state index >= 15 is 0 Å². The quantitative estimate of drug-likeness (QED) is 0.827. The lowest BCUT2D eigenvalue weighted by Gasteiger charge is -2.27. The van der Waals surface area contributed by atoms with Crippen LogP contribution in [-0.2, 0) is 11.3 Å². The summed E-state index contributed by atoms with van der Waals surface area (Å²) in [6.07, 6.45) is 1.46. The van der Waals surface area contributed by atoms with Gasteiger partial charge >= 0.3 is 0 Å². The first-order valence-corrected chi connectivity index (χ1v) is 6.48. The first-order valence-electron chi connectivity index (χ1n) is 6.48. The highest BCUT2D eigenvalue weighted by atomic mass is 16.3. The number of hydrogen-bond donors (Lipinski definition) is 2. The van der Waals surface area contributed by atoms with Gasteiger partial charge in [0, 0.05) is 26.2 Å². The zero-order chi connectivity index (χ0) is 12.8. The van der Waals surface area contributed by atoms with Crippen LogP contribution in [0.5, 0.6) is 0 Å². The second kappa shape index (κ2) is 6.52. The van der Waals surface area contributed by atoms with E-state index in [0.717, 1.165) is 26.1 Å². The number of amides is 1. The Morgan fingerprint density at radius 3 is 2.83 bits per heavy atom. The van der Waals surface area contributed by atoms with Crippen LogP contribution in [0.3, 0.4) is 0 Å². The van der Waals surface area contributed by atoms with Crippen LogP contribution in [0, 0.1) is 0 Å². The smallest absolute Gasteiger partial charge is 0.237 e. The number of rotatable bonds is 4. The molecule has 4 heteroatoms. The first-order chi connectivity index (χ1) is 8.81. The predicted octanol–water partition coefficient (Wildman–Crippen LogP) is 0.759. The Morgan fingerprint density at radius 1 is 1.33 bits per heavy atom. The van der Waals surface area contributed by atoms with E-state index in [1.807, 2.05) is 18.2 Å². The summed E-state index contributed by atoms with van der Waals surface area (Å²) in [6.45, 7) is 2.42. The fraction of sp³-hybridized carbons (Fsp3) is 0.500. The van der Waals surface area contributed by atoms with E-state index in [9.17, 15) is 4.79 Å². The van der Waals surface area contributed by atoms with Gasteiger partial charge in [0.25, 0.3) is 0 Å². The Morgan fingerprint density at radius 2 is 2.11 bits per heavy atom. The summed E-state index contributed by atoms with van der Waals surface area (Å²) in [4.78, 5) is 14.1. The average molecular weight is 248 g/mol. The van der Waals surface area contributed by atoms with E-state index in [1.165, 1.54) is 5.56 Å². The molecule has 2 rings (SSSR count). The molecule has 0 aliphatic carbocycles. The molecule has 1 aliphatic rings. The van der Waals surface area contributed by atoms with Gasteiger partial charge in [-0.1, -0.05) is 30.3 Å². The zero-order valence-electron chi connectivity index (χ0n) is 10.5. The third kappa shape index (κ3) is 3.31. The van der Waals surface area contributed by atoms with Crippen LogP contribution < -0.4 is 5.32 Å². The monoisotopic (exact) mass is 248 g/mol. The Hall–Kier alpha value is -1.39. The number of aliphatic hydroxyl groups excluding tert-OH is 1. The number of nitrogens with one attached hydrogen (secondary N) is 1. The number of carbonyl (C=O) groups excluding carboxylic acids is 1. The van der Waals surface area contributed by atoms with Crippen LogP contribution in [0.1, 0.15) is 18.4 Å². The molecule has 1 heterocycles. The van der Waals surface area contributed by atoms with Crippen molar-refractivity contribution in [1.82, 2.24) is 10.2 Å². The Balaban J connectivity index is 2.09. The predicted molar refractivity (Wildman–Crippen MR) is 70.0 cm³/mol. The molecule has 0 saturated carbocycles. The van der Waals surface area contributed by atoms with E-state index in [-0.39, 0.29) is 18.6 Å². The molecular weight excluding hydrogens is 228 g/mol. The molecular formula is C14H20N2O2. The lowest BCUT2D eigenvalue weighted by atomic mass is 10.1. The Labute approximate surface area is 108 Å². The second-order valence-electron chi connectivity index (χ2n) is 4.63. The summed E-state index contributed by atoms with van der Waals surface area (Å²) in [5.41, 5.74) is 1.20. The molecule has 0 aromatic heterocycles. The SMILES string of the molecule is O=C1NCCCN(Cc2ccccc2)C1CCO. The highest BCUT2D eigenvalue weighted by Crippen LogP contribution is 2.13. The molecule has 1 saturated heterocycles. The highest BCUT2D eigenvalue weighted by Gasteiger charge is 2.27. The maximum absolute atomic E-state index is 11.9. The molecule has 1 aliphatic heterocycles. The lowest BCUT2D eigenvalue weighted by molar-refractivity contribution is -0.126. The minimum atomic E-state index is -0.210. The number of benzene rings is 1. The summed E-state index contributed by atoms with van der Waals surface area (Å²) < 4.78 is 0. The summed E-state index contributed by atoms with van der Waals surface area (Å²) in [7, 11) is 0. The molecule has 1 atom stereocenters. The van der Waals surface area contributed by atoms with E-state index in [4.69, 9.17) is 5.11 Å². The molecule has 2 N–H and O–H groups in total. The van der Waals surface area contributed by atoms with Crippen molar-refractivity contribution in [2.75, 3.05) is 19.7 Å².